The molecular formula is C19H17F2NO3. The molecular weight excluding hydrogens is 328 g/mol. The van der Waals surface area contributed by atoms with E-state index in [2.05, 4.69) is 5.32 Å². The van der Waals surface area contributed by atoms with Crippen molar-refractivity contribution in [3.63, 3.8) is 0 Å². The Morgan fingerprint density at radius 1 is 1.12 bits per heavy atom. The molecule has 2 aromatic rings. The summed E-state index contributed by atoms with van der Waals surface area (Å²) in [5, 5.41) is 11.8. The van der Waals surface area contributed by atoms with E-state index < -0.39 is 41.4 Å². The predicted molar refractivity (Wildman–Crippen MR) is 86.9 cm³/mol. The van der Waals surface area contributed by atoms with Crippen LogP contribution in [0.1, 0.15) is 23.5 Å². The summed E-state index contributed by atoms with van der Waals surface area (Å²) in [6.45, 7) is 0. The van der Waals surface area contributed by atoms with Crippen LogP contribution in [0.5, 0.6) is 0 Å². The number of hydrogen-bond donors (Lipinski definition) is 2. The lowest BCUT2D eigenvalue weighted by Crippen LogP contribution is -2.43. The number of carbonyl (C=O) groups is 2. The van der Waals surface area contributed by atoms with Crippen LogP contribution in [-0.4, -0.2) is 23.0 Å². The molecule has 0 radical (unpaired) electrons. The van der Waals surface area contributed by atoms with Gasteiger partial charge in [-0.1, -0.05) is 42.5 Å². The summed E-state index contributed by atoms with van der Waals surface area (Å²) in [5.74, 6) is -4.42. The average molecular weight is 345 g/mol. The fraction of sp³-hybridized carbons (Fsp3) is 0.263. The first-order valence-corrected chi connectivity index (χ1v) is 7.98. The Hall–Kier alpha value is -2.76. The number of carboxylic acids is 1. The Bertz CT molecular complexity index is 795. The van der Waals surface area contributed by atoms with Gasteiger partial charge >= 0.3 is 5.97 Å². The lowest BCUT2D eigenvalue weighted by atomic mass is 10.0. The maximum Gasteiger partial charge on any atom is 0.326 e. The van der Waals surface area contributed by atoms with Gasteiger partial charge in [0.1, 0.15) is 6.04 Å². The Kier molecular flexibility index (Phi) is 4.79. The molecule has 4 nitrogen and oxygen atoms in total. The van der Waals surface area contributed by atoms with E-state index in [0.717, 1.165) is 11.6 Å². The van der Waals surface area contributed by atoms with Gasteiger partial charge in [0.25, 0.3) is 0 Å². The average Bonchev–Trinajstić information content (AvgIpc) is 3.38. The molecule has 2 N–H and O–H groups in total. The zero-order valence-electron chi connectivity index (χ0n) is 13.3. The van der Waals surface area contributed by atoms with Crippen molar-refractivity contribution >= 4 is 11.9 Å². The molecule has 3 rings (SSSR count). The molecule has 0 saturated heterocycles. The third kappa shape index (κ3) is 3.84. The smallest absolute Gasteiger partial charge is 0.326 e. The van der Waals surface area contributed by atoms with Gasteiger partial charge in [-0.15, -0.1) is 0 Å². The van der Waals surface area contributed by atoms with Gasteiger partial charge in [0.2, 0.25) is 5.91 Å². The molecule has 0 aliphatic heterocycles. The van der Waals surface area contributed by atoms with Gasteiger partial charge in [0, 0.05) is 12.3 Å². The lowest BCUT2D eigenvalue weighted by Gasteiger charge is -2.15. The number of aliphatic carboxylic acids is 1. The minimum atomic E-state index is -1.13. The first-order chi connectivity index (χ1) is 12.0. The van der Waals surface area contributed by atoms with Crippen LogP contribution in [0.15, 0.2) is 48.5 Å². The Labute approximate surface area is 143 Å². The Balaban J connectivity index is 1.65. The van der Waals surface area contributed by atoms with Crippen LogP contribution in [0.25, 0.3) is 0 Å². The third-order valence-corrected chi connectivity index (χ3v) is 4.41. The summed E-state index contributed by atoms with van der Waals surface area (Å²) in [5.41, 5.74) is 0.953. The van der Waals surface area contributed by atoms with Crippen LogP contribution in [-0.2, 0) is 16.0 Å². The molecule has 130 valence electrons. The van der Waals surface area contributed by atoms with Crippen LogP contribution < -0.4 is 5.32 Å². The number of carboxylic acid groups (broad SMARTS) is 1. The van der Waals surface area contributed by atoms with Crippen molar-refractivity contribution < 1.29 is 23.5 Å². The van der Waals surface area contributed by atoms with Crippen LogP contribution in [0.4, 0.5) is 8.78 Å². The number of benzene rings is 2. The first kappa shape index (κ1) is 17.1. The second-order valence-electron chi connectivity index (χ2n) is 6.18. The summed E-state index contributed by atoms with van der Waals surface area (Å²) < 4.78 is 27.1. The minimum absolute atomic E-state index is 0.160. The standard InChI is InChI=1S/C19H17F2NO3/c20-15-8-4-7-12(17(15)21)13-10-14(13)18(23)22-16(19(24)25)9-11-5-2-1-3-6-11/h1-8,13-14,16H,9-10H2,(H,22,23)(H,24,25)/t13?,14?,16-/m1/s1. The van der Waals surface area contributed by atoms with Gasteiger partial charge in [-0.25, -0.2) is 13.6 Å². The van der Waals surface area contributed by atoms with E-state index in [9.17, 15) is 23.5 Å². The summed E-state index contributed by atoms with van der Waals surface area (Å²) in [6.07, 6.45) is 0.539. The van der Waals surface area contributed by atoms with E-state index in [1.807, 2.05) is 6.07 Å². The molecule has 2 unspecified atom stereocenters. The second-order valence-corrected chi connectivity index (χ2v) is 6.18. The van der Waals surface area contributed by atoms with Crippen molar-refractivity contribution in [2.45, 2.75) is 24.8 Å². The summed E-state index contributed by atoms with van der Waals surface area (Å²) in [7, 11) is 0. The van der Waals surface area contributed by atoms with Crippen molar-refractivity contribution in [3.8, 4) is 0 Å². The molecule has 2 aromatic carbocycles. The predicted octanol–water partition coefficient (Wildman–Crippen LogP) is 2.88. The van der Waals surface area contributed by atoms with Crippen LogP contribution >= 0.6 is 0 Å². The van der Waals surface area contributed by atoms with Gasteiger partial charge in [-0.05, 0) is 29.5 Å². The zero-order valence-corrected chi connectivity index (χ0v) is 13.3. The molecule has 25 heavy (non-hydrogen) atoms. The molecule has 6 heteroatoms. The summed E-state index contributed by atoms with van der Waals surface area (Å²) in [4.78, 5) is 23.7. The van der Waals surface area contributed by atoms with Crippen molar-refractivity contribution in [1.82, 2.24) is 5.32 Å². The molecule has 0 heterocycles. The normalized spacial score (nSPS) is 19.9. The Morgan fingerprint density at radius 2 is 1.84 bits per heavy atom. The second kappa shape index (κ2) is 7.01. The molecule has 1 saturated carbocycles. The molecule has 0 aromatic heterocycles. The van der Waals surface area contributed by atoms with Crippen molar-refractivity contribution in [2.24, 2.45) is 5.92 Å². The summed E-state index contributed by atoms with van der Waals surface area (Å²) in [6, 6.07) is 11.8. The number of rotatable bonds is 6. The number of carbonyl (C=O) groups excluding carboxylic acids is 1. The topological polar surface area (TPSA) is 66.4 Å². The van der Waals surface area contributed by atoms with Gasteiger partial charge in [0.15, 0.2) is 11.6 Å². The third-order valence-electron chi connectivity index (χ3n) is 4.41. The van der Waals surface area contributed by atoms with Crippen molar-refractivity contribution in [1.29, 1.82) is 0 Å². The highest BCUT2D eigenvalue weighted by molar-refractivity contribution is 5.87. The molecule has 1 fully saturated rings. The molecule has 1 aliphatic rings. The molecule has 1 aliphatic carbocycles. The lowest BCUT2D eigenvalue weighted by molar-refractivity contribution is -0.142. The van der Waals surface area contributed by atoms with Crippen LogP contribution in [0, 0.1) is 17.6 Å². The molecule has 3 atom stereocenters. The van der Waals surface area contributed by atoms with E-state index in [1.54, 1.807) is 24.3 Å². The van der Waals surface area contributed by atoms with Gasteiger partial charge < -0.3 is 10.4 Å². The monoisotopic (exact) mass is 345 g/mol. The summed E-state index contributed by atoms with van der Waals surface area (Å²) >= 11 is 0. The molecule has 0 spiro atoms. The van der Waals surface area contributed by atoms with Crippen LogP contribution in [0.3, 0.4) is 0 Å². The SMILES string of the molecule is O=C(N[C@H](Cc1ccccc1)C(=O)O)C1CC1c1cccc(F)c1F. The molecule has 0 bridgehead atoms. The largest absolute Gasteiger partial charge is 0.480 e. The van der Waals surface area contributed by atoms with E-state index >= 15 is 0 Å². The van der Waals surface area contributed by atoms with E-state index in [1.165, 1.54) is 12.1 Å². The van der Waals surface area contributed by atoms with Gasteiger partial charge in [-0.3, -0.25) is 4.79 Å². The van der Waals surface area contributed by atoms with E-state index in [-0.39, 0.29) is 12.0 Å². The Morgan fingerprint density at radius 3 is 2.52 bits per heavy atom. The highest BCUT2D eigenvalue weighted by Crippen LogP contribution is 2.48. The fourth-order valence-corrected chi connectivity index (χ4v) is 2.96. The first-order valence-electron chi connectivity index (χ1n) is 7.98. The van der Waals surface area contributed by atoms with Gasteiger partial charge in [0.05, 0.1) is 0 Å². The number of nitrogens with one attached hydrogen (secondary N) is 1. The van der Waals surface area contributed by atoms with Crippen molar-refractivity contribution in [3.05, 3.63) is 71.3 Å². The van der Waals surface area contributed by atoms with Crippen molar-refractivity contribution in [2.75, 3.05) is 0 Å². The maximum atomic E-state index is 13.8. The fourth-order valence-electron chi connectivity index (χ4n) is 2.96. The molecule has 1 amide bonds. The number of halogens is 2. The maximum absolute atomic E-state index is 13.8. The zero-order chi connectivity index (χ0) is 18.0. The highest BCUT2D eigenvalue weighted by atomic mass is 19.2. The van der Waals surface area contributed by atoms with Crippen LogP contribution in [0.2, 0.25) is 0 Å². The highest BCUT2D eigenvalue weighted by Gasteiger charge is 2.46. The number of hydrogen-bond acceptors (Lipinski definition) is 2. The van der Waals surface area contributed by atoms with E-state index in [0.29, 0.717) is 6.42 Å². The number of amides is 1. The quantitative estimate of drug-likeness (QED) is 0.846. The van der Waals surface area contributed by atoms with Gasteiger partial charge in [-0.2, -0.15) is 0 Å². The van der Waals surface area contributed by atoms with E-state index in [4.69, 9.17) is 0 Å². The minimum Gasteiger partial charge on any atom is -0.480 e.